The van der Waals surface area contributed by atoms with E-state index in [2.05, 4.69) is 24.4 Å². The van der Waals surface area contributed by atoms with Crippen molar-refractivity contribution in [1.29, 1.82) is 0 Å². The van der Waals surface area contributed by atoms with E-state index in [0.29, 0.717) is 11.9 Å². The molecule has 0 atom stereocenters. The standard InChI is InChI=1S/C24H28N2O2/c1-2-3-9-17-26-18-21(23(27)20-14-7-8-15-22(20)26)24(28)25-16-10-13-19-11-5-4-6-12-19/h4-8,11-12,14-15,18H,2-3,9-10,13,16-17H2,1H3,(H,25,28). The smallest absolute Gasteiger partial charge is 0.256 e. The maximum Gasteiger partial charge on any atom is 0.256 e. The zero-order valence-corrected chi connectivity index (χ0v) is 16.5. The van der Waals surface area contributed by atoms with Crippen LogP contribution in [-0.2, 0) is 13.0 Å². The van der Waals surface area contributed by atoms with E-state index in [0.717, 1.165) is 44.2 Å². The molecule has 0 saturated heterocycles. The van der Waals surface area contributed by atoms with Gasteiger partial charge in [0.05, 0.1) is 5.52 Å². The largest absolute Gasteiger partial charge is 0.352 e. The first-order valence-corrected chi connectivity index (χ1v) is 10.1. The summed E-state index contributed by atoms with van der Waals surface area (Å²) in [4.78, 5) is 25.5. The number of hydrogen-bond acceptors (Lipinski definition) is 2. The van der Waals surface area contributed by atoms with Crippen LogP contribution in [0.4, 0.5) is 0 Å². The average molecular weight is 377 g/mol. The number of fused-ring (bicyclic) bond motifs is 1. The average Bonchev–Trinajstić information content (AvgIpc) is 2.73. The van der Waals surface area contributed by atoms with Gasteiger partial charge in [-0.3, -0.25) is 9.59 Å². The fraction of sp³-hybridized carbons (Fsp3) is 0.333. The topological polar surface area (TPSA) is 51.1 Å². The Bertz CT molecular complexity index is 977. The SMILES string of the molecule is CCCCCn1cc(C(=O)NCCCc2ccccc2)c(=O)c2ccccc21. The van der Waals surface area contributed by atoms with Crippen molar-refractivity contribution < 1.29 is 4.79 Å². The van der Waals surface area contributed by atoms with Gasteiger partial charge in [-0.25, -0.2) is 0 Å². The predicted molar refractivity (Wildman–Crippen MR) is 115 cm³/mol. The summed E-state index contributed by atoms with van der Waals surface area (Å²) in [5.41, 5.74) is 2.18. The Morgan fingerprint density at radius 2 is 1.71 bits per heavy atom. The number of benzene rings is 2. The molecule has 0 radical (unpaired) electrons. The van der Waals surface area contributed by atoms with E-state index >= 15 is 0 Å². The van der Waals surface area contributed by atoms with Crippen molar-refractivity contribution in [2.24, 2.45) is 0 Å². The number of nitrogens with zero attached hydrogens (tertiary/aromatic N) is 1. The minimum Gasteiger partial charge on any atom is -0.352 e. The molecule has 4 heteroatoms. The van der Waals surface area contributed by atoms with Crippen LogP contribution in [-0.4, -0.2) is 17.0 Å². The number of carbonyl (C=O) groups excluding carboxylic acids is 1. The van der Waals surface area contributed by atoms with Gasteiger partial charge in [0.15, 0.2) is 0 Å². The summed E-state index contributed by atoms with van der Waals surface area (Å²) < 4.78 is 2.05. The molecule has 0 spiro atoms. The highest BCUT2D eigenvalue weighted by molar-refractivity contribution is 5.97. The molecule has 1 heterocycles. The van der Waals surface area contributed by atoms with Crippen molar-refractivity contribution >= 4 is 16.8 Å². The van der Waals surface area contributed by atoms with E-state index in [9.17, 15) is 9.59 Å². The Morgan fingerprint density at radius 3 is 2.50 bits per heavy atom. The van der Waals surface area contributed by atoms with E-state index in [-0.39, 0.29) is 16.9 Å². The highest BCUT2D eigenvalue weighted by Crippen LogP contribution is 2.13. The maximum atomic E-state index is 12.8. The van der Waals surface area contributed by atoms with Crippen LogP contribution in [0.1, 0.15) is 48.5 Å². The normalized spacial score (nSPS) is 10.9. The maximum absolute atomic E-state index is 12.8. The van der Waals surface area contributed by atoms with E-state index in [4.69, 9.17) is 0 Å². The molecule has 0 aliphatic rings. The zero-order valence-electron chi connectivity index (χ0n) is 16.5. The molecule has 146 valence electrons. The molecule has 3 aromatic rings. The lowest BCUT2D eigenvalue weighted by Crippen LogP contribution is -2.30. The molecule has 0 aliphatic heterocycles. The van der Waals surface area contributed by atoms with Gasteiger partial charge >= 0.3 is 0 Å². The molecule has 0 unspecified atom stereocenters. The molecule has 1 amide bonds. The molecule has 28 heavy (non-hydrogen) atoms. The Hall–Kier alpha value is -2.88. The molecule has 0 saturated carbocycles. The fourth-order valence-electron chi connectivity index (χ4n) is 3.46. The van der Waals surface area contributed by atoms with E-state index in [1.807, 2.05) is 41.0 Å². The number of aryl methyl sites for hydroxylation is 2. The molecule has 1 N–H and O–H groups in total. The van der Waals surface area contributed by atoms with Gasteiger partial charge in [0.1, 0.15) is 5.56 Å². The molecular weight excluding hydrogens is 348 g/mol. The van der Waals surface area contributed by atoms with Gasteiger partial charge < -0.3 is 9.88 Å². The van der Waals surface area contributed by atoms with Crippen LogP contribution in [0.3, 0.4) is 0 Å². The number of hydrogen-bond donors (Lipinski definition) is 1. The lowest BCUT2D eigenvalue weighted by Gasteiger charge is -2.13. The van der Waals surface area contributed by atoms with Crippen LogP contribution in [0.5, 0.6) is 0 Å². The summed E-state index contributed by atoms with van der Waals surface area (Å²) in [6.07, 6.45) is 6.76. The van der Waals surface area contributed by atoms with Gasteiger partial charge in [-0.15, -0.1) is 0 Å². The second-order valence-electron chi connectivity index (χ2n) is 7.13. The van der Waals surface area contributed by atoms with E-state index in [1.54, 1.807) is 12.3 Å². The Morgan fingerprint density at radius 1 is 0.964 bits per heavy atom. The molecule has 4 nitrogen and oxygen atoms in total. The molecule has 0 fully saturated rings. The Balaban J connectivity index is 1.72. The number of unbranched alkanes of at least 4 members (excludes halogenated alkanes) is 2. The summed E-state index contributed by atoms with van der Waals surface area (Å²) >= 11 is 0. The number of aromatic nitrogens is 1. The first kappa shape index (κ1) is 19.9. The van der Waals surface area contributed by atoms with Crippen LogP contribution in [0.2, 0.25) is 0 Å². The predicted octanol–water partition coefficient (Wildman–Crippen LogP) is 4.55. The van der Waals surface area contributed by atoms with Crippen LogP contribution in [0.25, 0.3) is 10.9 Å². The van der Waals surface area contributed by atoms with Crippen molar-refractivity contribution in [3.05, 3.63) is 82.1 Å². The number of amides is 1. The number of carbonyl (C=O) groups is 1. The lowest BCUT2D eigenvalue weighted by molar-refractivity contribution is 0.0951. The number of nitrogens with one attached hydrogen (secondary N) is 1. The first-order chi connectivity index (χ1) is 13.7. The van der Waals surface area contributed by atoms with Crippen molar-refractivity contribution in [2.45, 2.75) is 45.6 Å². The van der Waals surface area contributed by atoms with Crippen LogP contribution >= 0.6 is 0 Å². The molecule has 3 rings (SSSR count). The minimum atomic E-state index is -0.284. The summed E-state index contributed by atoms with van der Waals surface area (Å²) in [6.45, 7) is 3.52. The second-order valence-corrected chi connectivity index (χ2v) is 7.13. The summed E-state index contributed by atoms with van der Waals surface area (Å²) in [5, 5.41) is 3.52. The number of para-hydroxylation sites is 1. The monoisotopic (exact) mass is 376 g/mol. The van der Waals surface area contributed by atoms with Gasteiger partial charge in [-0.05, 0) is 37.0 Å². The van der Waals surface area contributed by atoms with Crippen LogP contribution in [0, 0.1) is 0 Å². The van der Waals surface area contributed by atoms with Crippen molar-refractivity contribution in [3.63, 3.8) is 0 Å². The minimum absolute atomic E-state index is 0.192. The first-order valence-electron chi connectivity index (χ1n) is 10.1. The molecule has 1 aromatic heterocycles. The fourth-order valence-corrected chi connectivity index (χ4v) is 3.46. The second kappa shape index (κ2) is 9.88. The van der Waals surface area contributed by atoms with E-state index < -0.39 is 0 Å². The van der Waals surface area contributed by atoms with E-state index in [1.165, 1.54) is 5.56 Å². The Labute approximate surface area is 166 Å². The van der Waals surface area contributed by atoms with Gasteiger partial charge in [0.2, 0.25) is 5.43 Å². The van der Waals surface area contributed by atoms with Gasteiger partial charge in [-0.1, -0.05) is 62.2 Å². The zero-order chi connectivity index (χ0) is 19.8. The number of rotatable bonds is 9. The molecule has 0 aliphatic carbocycles. The lowest BCUT2D eigenvalue weighted by atomic mass is 10.1. The van der Waals surface area contributed by atoms with Gasteiger partial charge in [-0.2, -0.15) is 0 Å². The Kier molecular flexibility index (Phi) is 7.01. The van der Waals surface area contributed by atoms with Crippen LogP contribution in [0.15, 0.2) is 65.6 Å². The third-order valence-electron chi connectivity index (χ3n) is 5.01. The highest BCUT2D eigenvalue weighted by atomic mass is 16.2. The van der Waals surface area contributed by atoms with Crippen molar-refractivity contribution in [1.82, 2.24) is 9.88 Å². The quantitative estimate of drug-likeness (QED) is 0.557. The molecular formula is C24H28N2O2. The van der Waals surface area contributed by atoms with Crippen LogP contribution < -0.4 is 10.7 Å². The van der Waals surface area contributed by atoms with Crippen molar-refractivity contribution in [3.8, 4) is 0 Å². The van der Waals surface area contributed by atoms with Gasteiger partial charge in [0.25, 0.3) is 5.91 Å². The summed E-state index contributed by atoms with van der Waals surface area (Å²) in [6, 6.07) is 17.7. The van der Waals surface area contributed by atoms with Gasteiger partial charge in [0, 0.05) is 24.7 Å². The third kappa shape index (κ3) is 4.89. The summed E-state index contributed by atoms with van der Waals surface area (Å²) in [7, 11) is 0. The molecule has 0 bridgehead atoms. The highest BCUT2D eigenvalue weighted by Gasteiger charge is 2.14. The molecule has 2 aromatic carbocycles. The summed E-state index contributed by atoms with van der Waals surface area (Å²) in [5.74, 6) is -0.284. The number of pyridine rings is 1. The third-order valence-corrected chi connectivity index (χ3v) is 5.01. The van der Waals surface area contributed by atoms with Crippen molar-refractivity contribution in [2.75, 3.05) is 6.54 Å².